The van der Waals surface area contributed by atoms with Gasteiger partial charge in [0, 0.05) is 30.5 Å². The van der Waals surface area contributed by atoms with Crippen molar-refractivity contribution >= 4 is 27.7 Å². The van der Waals surface area contributed by atoms with E-state index in [2.05, 4.69) is 26.6 Å². The molecule has 5 nitrogen and oxygen atoms in total. The molecular formula is C12H15BrFN3O2. The number of carbonyl (C=O) groups excluding carboxylic acids is 2. The maximum Gasteiger partial charge on any atom is 0.252 e. The Balaban J connectivity index is 2.43. The molecule has 0 saturated heterocycles. The van der Waals surface area contributed by atoms with Crippen LogP contribution >= 0.6 is 15.9 Å². The molecule has 0 atom stereocenters. The van der Waals surface area contributed by atoms with Crippen LogP contribution in [0.4, 0.5) is 4.39 Å². The SMILES string of the molecule is NCCNC(=O)CCNC(=O)c1cc(F)ccc1Br. The molecular weight excluding hydrogens is 317 g/mol. The van der Waals surface area contributed by atoms with Crippen molar-refractivity contribution < 1.29 is 14.0 Å². The lowest BCUT2D eigenvalue weighted by Gasteiger charge is -2.07. The number of nitrogens with two attached hydrogens (primary N) is 1. The van der Waals surface area contributed by atoms with Crippen LogP contribution in [0.15, 0.2) is 22.7 Å². The van der Waals surface area contributed by atoms with E-state index < -0.39 is 11.7 Å². The van der Waals surface area contributed by atoms with E-state index in [4.69, 9.17) is 5.73 Å². The average Bonchev–Trinajstić information content (AvgIpc) is 2.39. The number of nitrogens with one attached hydrogen (secondary N) is 2. The summed E-state index contributed by atoms with van der Waals surface area (Å²) in [5.41, 5.74) is 5.43. The number of benzene rings is 1. The van der Waals surface area contributed by atoms with Gasteiger partial charge in [-0.25, -0.2) is 4.39 Å². The van der Waals surface area contributed by atoms with Crippen LogP contribution in [0.3, 0.4) is 0 Å². The smallest absolute Gasteiger partial charge is 0.252 e. The van der Waals surface area contributed by atoms with Crippen molar-refractivity contribution in [2.75, 3.05) is 19.6 Å². The van der Waals surface area contributed by atoms with Crippen LogP contribution < -0.4 is 16.4 Å². The zero-order valence-electron chi connectivity index (χ0n) is 10.2. The van der Waals surface area contributed by atoms with E-state index in [1.54, 1.807) is 0 Å². The molecule has 0 radical (unpaired) electrons. The van der Waals surface area contributed by atoms with Gasteiger partial charge in [-0.15, -0.1) is 0 Å². The number of hydrogen-bond acceptors (Lipinski definition) is 3. The van der Waals surface area contributed by atoms with Gasteiger partial charge in [-0.1, -0.05) is 0 Å². The third-order valence-corrected chi connectivity index (χ3v) is 2.97. The Kier molecular flexibility index (Phi) is 6.44. The van der Waals surface area contributed by atoms with Crippen molar-refractivity contribution in [1.29, 1.82) is 0 Å². The van der Waals surface area contributed by atoms with Gasteiger partial charge in [0.05, 0.1) is 5.56 Å². The van der Waals surface area contributed by atoms with Gasteiger partial charge in [0.1, 0.15) is 5.82 Å². The number of carbonyl (C=O) groups is 2. The number of amides is 2. The minimum absolute atomic E-state index is 0.151. The van der Waals surface area contributed by atoms with Gasteiger partial charge in [-0.3, -0.25) is 9.59 Å². The van der Waals surface area contributed by atoms with Gasteiger partial charge < -0.3 is 16.4 Å². The van der Waals surface area contributed by atoms with Gasteiger partial charge in [-0.2, -0.15) is 0 Å². The maximum absolute atomic E-state index is 13.0. The van der Waals surface area contributed by atoms with E-state index in [0.29, 0.717) is 17.6 Å². The summed E-state index contributed by atoms with van der Waals surface area (Å²) in [6.07, 6.45) is 0.151. The minimum Gasteiger partial charge on any atom is -0.355 e. The molecule has 0 bridgehead atoms. The molecule has 0 aromatic heterocycles. The summed E-state index contributed by atoms with van der Waals surface area (Å²) in [7, 11) is 0. The third-order valence-electron chi connectivity index (χ3n) is 2.28. The Bertz CT molecular complexity index is 468. The van der Waals surface area contributed by atoms with E-state index in [1.807, 2.05) is 0 Å². The molecule has 0 heterocycles. The van der Waals surface area contributed by atoms with Crippen LogP contribution in [0.2, 0.25) is 0 Å². The Hall–Kier alpha value is -1.47. The molecule has 1 rings (SSSR count). The zero-order valence-corrected chi connectivity index (χ0v) is 11.8. The van der Waals surface area contributed by atoms with Gasteiger partial charge in [-0.05, 0) is 34.1 Å². The highest BCUT2D eigenvalue weighted by Gasteiger charge is 2.11. The molecule has 2 amide bonds. The average molecular weight is 332 g/mol. The van der Waals surface area contributed by atoms with Crippen molar-refractivity contribution in [2.24, 2.45) is 5.73 Å². The van der Waals surface area contributed by atoms with Gasteiger partial charge in [0.25, 0.3) is 5.91 Å². The van der Waals surface area contributed by atoms with Crippen molar-refractivity contribution in [3.05, 3.63) is 34.1 Å². The molecule has 19 heavy (non-hydrogen) atoms. The molecule has 0 spiro atoms. The summed E-state index contributed by atoms with van der Waals surface area (Å²) in [5, 5.41) is 5.13. The highest BCUT2D eigenvalue weighted by atomic mass is 79.9. The Morgan fingerprint density at radius 2 is 2.00 bits per heavy atom. The third kappa shape index (κ3) is 5.35. The maximum atomic E-state index is 13.0. The summed E-state index contributed by atoms with van der Waals surface area (Å²) >= 11 is 3.17. The van der Waals surface area contributed by atoms with E-state index in [0.717, 1.165) is 6.07 Å². The zero-order chi connectivity index (χ0) is 14.3. The fourth-order valence-electron chi connectivity index (χ4n) is 1.36. The Morgan fingerprint density at radius 3 is 2.68 bits per heavy atom. The van der Waals surface area contributed by atoms with Gasteiger partial charge in [0.2, 0.25) is 5.91 Å². The predicted octanol–water partition coefficient (Wildman–Crippen LogP) is 0.783. The molecule has 0 unspecified atom stereocenters. The molecule has 0 fully saturated rings. The number of rotatable bonds is 6. The normalized spacial score (nSPS) is 10.1. The molecule has 0 aliphatic carbocycles. The summed E-state index contributed by atoms with van der Waals surface area (Å²) in [6.45, 7) is 0.953. The first kappa shape index (κ1) is 15.6. The predicted molar refractivity (Wildman–Crippen MR) is 73.1 cm³/mol. The van der Waals surface area contributed by atoms with Crippen molar-refractivity contribution in [3.8, 4) is 0 Å². The largest absolute Gasteiger partial charge is 0.355 e. The molecule has 4 N–H and O–H groups in total. The first-order chi connectivity index (χ1) is 9.04. The lowest BCUT2D eigenvalue weighted by atomic mass is 10.2. The second kappa shape index (κ2) is 7.85. The lowest BCUT2D eigenvalue weighted by molar-refractivity contribution is -0.120. The fourth-order valence-corrected chi connectivity index (χ4v) is 1.78. The monoisotopic (exact) mass is 331 g/mol. The van der Waals surface area contributed by atoms with E-state index in [1.165, 1.54) is 12.1 Å². The summed E-state index contributed by atoms with van der Waals surface area (Å²) in [4.78, 5) is 23.0. The summed E-state index contributed by atoms with van der Waals surface area (Å²) in [5.74, 6) is -1.11. The summed E-state index contributed by atoms with van der Waals surface area (Å²) in [6, 6.07) is 3.84. The topological polar surface area (TPSA) is 84.2 Å². The van der Waals surface area contributed by atoms with Crippen LogP contribution in [0.5, 0.6) is 0 Å². The molecule has 1 aromatic rings. The van der Waals surface area contributed by atoms with E-state index in [9.17, 15) is 14.0 Å². The highest BCUT2D eigenvalue weighted by Crippen LogP contribution is 2.17. The second-order valence-electron chi connectivity index (χ2n) is 3.77. The quantitative estimate of drug-likeness (QED) is 0.720. The van der Waals surface area contributed by atoms with E-state index >= 15 is 0 Å². The number of hydrogen-bond donors (Lipinski definition) is 3. The van der Waals surface area contributed by atoms with Crippen molar-refractivity contribution in [1.82, 2.24) is 10.6 Å². The van der Waals surface area contributed by atoms with Gasteiger partial charge in [0.15, 0.2) is 0 Å². The first-order valence-electron chi connectivity index (χ1n) is 5.74. The molecule has 0 aliphatic rings. The van der Waals surface area contributed by atoms with Crippen LogP contribution in [-0.2, 0) is 4.79 Å². The van der Waals surface area contributed by atoms with Crippen molar-refractivity contribution in [2.45, 2.75) is 6.42 Å². The molecule has 0 saturated carbocycles. The van der Waals surface area contributed by atoms with Gasteiger partial charge >= 0.3 is 0 Å². The molecule has 0 aliphatic heterocycles. The van der Waals surface area contributed by atoms with Crippen molar-refractivity contribution in [3.63, 3.8) is 0 Å². The standard InChI is InChI=1S/C12H15BrFN3O2/c13-10-2-1-8(14)7-9(10)12(19)17-5-3-11(18)16-6-4-15/h1-2,7H,3-6,15H2,(H,16,18)(H,17,19). The molecule has 104 valence electrons. The van der Waals surface area contributed by atoms with Crippen LogP contribution in [0, 0.1) is 5.82 Å². The lowest BCUT2D eigenvalue weighted by Crippen LogP contribution is -2.33. The highest BCUT2D eigenvalue weighted by molar-refractivity contribution is 9.10. The van der Waals surface area contributed by atoms with Crippen LogP contribution in [0.1, 0.15) is 16.8 Å². The first-order valence-corrected chi connectivity index (χ1v) is 6.54. The molecule has 1 aromatic carbocycles. The summed E-state index contributed by atoms with van der Waals surface area (Å²) < 4.78 is 13.5. The second-order valence-corrected chi connectivity index (χ2v) is 4.62. The Labute approximate surface area is 118 Å². The van der Waals surface area contributed by atoms with Crippen LogP contribution in [-0.4, -0.2) is 31.4 Å². The number of halogens is 2. The van der Waals surface area contributed by atoms with E-state index in [-0.39, 0.29) is 24.4 Å². The minimum atomic E-state index is -0.492. The Morgan fingerprint density at radius 1 is 1.26 bits per heavy atom. The molecule has 7 heteroatoms. The van der Waals surface area contributed by atoms with Crippen LogP contribution in [0.25, 0.3) is 0 Å². The fraction of sp³-hybridized carbons (Fsp3) is 0.333.